The van der Waals surface area contributed by atoms with Crippen LogP contribution in [0.3, 0.4) is 0 Å². The number of hydrogen-bond donors (Lipinski definition) is 1. The van der Waals surface area contributed by atoms with Crippen molar-refractivity contribution in [2.75, 3.05) is 0 Å². The first-order valence-corrected chi connectivity index (χ1v) is 8.32. The van der Waals surface area contributed by atoms with Crippen molar-refractivity contribution >= 4 is 0 Å². The summed E-state index contributed by atoms with van der Waals surface area (Å²) in [4.78, 5) is 0. The maximum atomic E-state index is 9.37. The second-order valence-corrected chi connectivity index (χ2v) is 5.76. The van der Waals surface area contributed by atoms with Crippen LogP contribution >= 0.6 is 0 Å². The molecule has 1 aromatic rings. The van der Waals surface area contributed by atoms with Gasteiger partial charge >= 0.3 is 0 Å². The first-order chi connectivity index (χ1) is 9.74. The number of aromatic nitrogens is 3. The van der Waals surface area contributed by atoms with Crippen LogP contribution in [0.2, 0.25) is 0 Å². The van der Waals surface area contributed by atoms with Crippen LogP contribution in [0.25, 0.3) is 0 Å². The summed E-state index contributed by atoms with van der Waals surface area (Å²) >= 11 is 0. The van der Waals surface area contributed by atoms with E-state index in [2.05, 4.69) is 17.2 Å². The van der Waals surface area contributed by atoms with Crippen molar-refractivity contribution in [3.63, 3.8) is 0 Å². The van der Waals surface area contributed by atoms with Gasteiger partial charge in [-0.1, -0.05) is 69.9 Å². The minimum absolute atomic E-state index is 0.517. The molecule has 1 atom stereocenters. The number of nitrogens with zero attached hydrogens (tertiary/aromatic N) is 3. The molecule has 1 N–H and O–H groups in total. The predicted molar refractivity (Wildman–Crippen MR) is 82.5 cm³/mol. The van der Waals surface area contributed by atoms with Crippen molar-refractivity contribution in [2.24, 2.45) is 0 Å². The third-order valence-corrected chi connectivity index (χ3v) is 3.73. The molecule has 4 heteroatoms. The number of hydrogen-bond acceptors (Lipinski definition) is 3. The summed E-state index contributed by atoms with van der Waals surface area (Å²) in [5, 5.41) is 17.3. The van der Waals surface area contributed by atoms with E-state index in [-0.39, 0.29) is 0 Å². The van der Waals surface area contributed by atoms with E-state index in [9.17, 15) is 5.11 Å². The van der Waals surface area contributed by atoms with Gasteiger partial charge in [0.15, 0.2) is 0 Å². The normalized spacial score (nSPS) is 12.8. The molecule has 1 unspecified atom stereocenters. The van der Waals surface area contributed by atoms with E-state index in [1.807, 2.05) is 10.9 Å². The van der Waals surface area contributed by atoms with Crippen LogP contribution in [0.15, 0.2) is 6.20 Å². The third-order valence-electron chi connectivity index (χ3n) is 3.73. The number of aliphatic hydroxyl groups is 1. The lowest BCUT2D eigenvalue weighted by Crippen LogP contribution is -1.98. The van der Waals surface area contributed by atoms with Crippen LogP contribution in [0.5, 0.6) is 0 Å². The molecule has 0 saturated heterocycles. The molecule has 1 rings (SSSR count). The van der Waals surface area contributed by atoms with Gasteiger partial charge in [-0.3, -0.25) is 4.68 Å². The van der Waals surface area contributed by atoms with E-state index in [0.29, 0.717) is 5.69 Å². The summed E-state index contributed by atoms with van der Waals surface area (Å²) in [6.07, 6.45) is 14.8. The smallest absolute Gasteiger partial charge is 0.111 e. The quantitative estimate of drug-likeness (QED) is 0.583. The Bertz CT molecular complexity index is 336. The van der Waals surface area contributed by atoms with Crippen molar-refractivity contribution in [1.82, 2.24) is 15.0 Å². The molecule has 0 aromatic carbocycles. The largest absolute Gasteiger partial charge is 0.387 e. The Hall–Kier alpha value is -0.900. The fraction of sp³-hybridized carbons (Fsp3) is 0.875. The molecule has 0 saturated carbocycles. The summed E-state index contributed by atoms with van der Waals surface area (Å²) in [5.41, 5.74) is 0.664. The fourth-order valence-electron chi connectivity index (χ4n) is 2.38. The third kappa shape index (κ3) is 7.63. The Kier molecular flexibility index (Phi) is 9.29. The van der Waals surface area contributed by atoms with Gasteiger partial charge in [-0.05, 0) is 13.3 Å². The van der Waals surface area contributed by atoms with E-state index in [1.165, 1.54) is 57.8 Å². The predicted octanol–water partition coefficient (Wildman–Crippen LogP) is 4.25. The molecule has 0 aliphatic rings. The highest BCUT2D eigenvalue weighted by Gasteiger charge is 2.05. The molecule has 0 amide bonds. The Morgan fingerprint density at radius 1 is 1.00 bits per heavy atom. The van der Waals surface area contributed by atoms with Crippen LogP contribution in [-0.2, 0) is 6.54 Å². The van der Waals surface area contributed by atoms with Gasteiger partial charge in [0, 0.05) is 6.54 Å². The summed E-state index contributed by atoms with van der Waals surface area (Å²) in [6.45, 7) is 4.89. The van der Waals surface area contributed by atoms with Gasteiger partial charge in [0.25, 0.3) is 0 Å². The second-order valence-electron chi connectivity index (χ2n) is 5.76. The topological polar surface area (TPSA) is 50.9 Å². The van der Waals surface area contributed by atoms with Crippen molar-refractivity contribution in [3.05, 3.63) is 11.9 Å². The second kappa shape index (κ2) is 10.8. The van der Waals surface area contributed by atoms with E-state index in [0.717, 1.165) is 13.0 Å². The summed E-state index contributed by atoms with van der Waals surface area (Å²) in [5.74, 6) is 0. The van der Waals surface area contributed by atoms with Crippen LogP contribution in [0.4, 0.5) is 0 Å². The number of unbranched alkanes of at least 4 members (excludes halogenated alkanes) is 9. The highest BCUT2D eigenvalue weighted by Crippen LogP contribution is 2.11. The van der Waals surface area contributed by atoms with E-state index in [4.69, 9.17) is 0 Å². The maximum Gasteiger partial charge on any atom is 0.111 e. The molecule has 0 aliphatic carbocycles. The minimum atomic E-state index is -0.517. The van der Waals surface area contributed by atoms with Gasteiger partial charge in [-0.15, -0.1) is 5.10 Å². The zero-order valence-electron chi connectivity index (χ0n) is 13.2. The van der Waals surface area contributed by atoms with Crippen LogP contribution < -0.4 is 0 Å². The van der Waals surface area contributed by atoms with Crippen LogP contribution in [0.1, 0.15) is 89.9 Å². The lowest BCUT2D eigenvalue weighted by atomic mass is 10.1. The zero-order chi connectivity index (χ0) is 14.6. The molecule has 1 aromatic heterocycles. The van der Waals surface area contributed by atoms with Gasteiger partial charge in [0.05, 0.1) is 12.3 Å². The summed E-state index contributed by atoms with van der Waals surface area (Å²) < 4.78 is 1.84. The molecule has 116 valence electrons. The number of aryl methyl sites for hydroxylation is 1. The van der Waals surface area contributed by atoms with E-state index < -0.39 is 6.10 Å². The molecule has 4 nitrogen and oxygen atoms in total. The Morgan fingerprint density at radius 3 is 2.05 bits per heavy atom. The Morgan fingerprint density at radius 2 is 1.55 bits per heavy atom. The fourth-order valence-corrected chi connectivity index (χ4v) is 2.38. The molecule has 0 bridgehead atoms. The maximum absolute atomic E-state index is 9.37. The SMILES string of the molecule is CCCCCCCCCCCCn1cc(C(C)O)nn1. The molecule has 0 fully saturated rings. The van der Waals surface area contributed by atoms with Gasteiger partial charge < -0.3 is 5.11 Å². The summed E-state index contributed by atoms with van der Waals surface area (Å²) in [6, 6.07) is 0. The number of rotatable bonds is 12. The van der Waals surface area contributed by atoms with Crippen molar-refractivity contribution < 1.29 is 5.11 Å². The first-order valence-electron chi connectivity index (χ1n) is 8.32. The first kappa shape index (κ1) is 17.2. The monoisotopic (exact) mass is 281 g/mol. The van der Waals surface area contributed by atoms with E-state index >= 15 is 0 Å². The average Bonchev–Trinajstić information content (AvgIpc) is 2.90. The highest BCUT2D eigenvalue weighted by molar-refractivity contribution is 4.95. The Balaban J connectivity index is 1.91. The van der Waals surface area contributed by atoms with Crippen molar-refractivity contribution in [3.8, 4) is 0 Å². The minimum Gasteiger partial charge on any atom is -0.387 e. The van der Waals surface area contributed by atoms with Gasteiger partial charge in [0.1, 0.15) is 5.69 Å². The molecule has 0 spiro atoms. The van der Waals surface area contributed by atoms with Crippen LogP contribution in [0, 0.1) is 0 Å². The van der Waals surface area contributed by atoms with Crippen molar-refractivity contribution in [1.29, 1.82) is 0 Å². The van der Waals surface area contributed by atoms with E-state index in [1.54, 1.807) is 6.92 Å². The Labute approximate surface area is 123 Å². The molecule has 0 aliphatic heterocycles. The average molecular weight is 281 g/mol. The van der Waals surface area contributed by atoms with Gasteiger partial charge in [-0.25, -0.2) is 0 Å². The molecule has 20 heavy (non-hydrogen) atoms. The molecular formula is C16H31N3O. The lowest BCUT2D eigenvalue weighted by Gasteiger charge is -2.02. The highest BCUT2D eigenvalue weighted by atomic mass is 16.3. The summed E-state index contributed by atoms with van der Waals surface area (Å²) in [7, 11) is 0. The molecule has 1 heterocycles. The van der Waals surface area contributed by atoms with Crippen LogP contribution in [-0.4, -0.2) is 20.1 Å². The zero-order valence-corrected chi connectivity index (χ0v) is 13.2. The number of aliphatic hydroxyl groups excluding tert-OH is 1. The lowest BCUT2D eigenvalue weighted by molar-refractivity contribution is 0.194. The molecular weight excluding hydrogens is 250 g/mol. The van der Waals surface area contributed by atoms with Crippen molar-refractivity contribution in [2.45, 2.75) is 90.7 Å². The standard InChI is InChI=1S/C16H31N3O/c1-3-4-5-6-7-8-9-10-11-12-13-19-14-16(15(2)20)17-18-19/h14-15,20H,3-13H2,1-2H3. The van der Waals surface area contributed by atoms with Gasteiger partial charge in [-0.2, -0.15) is 0 Å². The van der Waals surface area contributed by atoms with Gasteiger partial charge in [0.2, 0.25) is 0 Å². The molecule has 0 radical (unpaired) electrons.